The van der Waals surface area contributed by atoms with Crippen molar-refractivity contribution >= 4 is 33.2 Å². The van der Waals surface area contributed by atoms with Crippen LogP contribution in [-0.2, 0) is 14.8 Å². The number of benzene rings is 3. The lowest BCUT2D eigenvalue weighted by Crippen LogP contribution is -2.42. The zero-order chi connectivity index (χ0) is 21.7. The molecule has 0 radical (unpaired) electrons. The number of para-hydroxylation sites is 1. The van der Waals surface area contributed by atoms with E-state index < -0.39 is 22.0 Å². The van der Waals surface area contributed by atoms with Crippen LogP contribution < -0.4 is 9.62 Å². The fraction of sp³-hybridized carbons (Fsp3) is 0.174. The van der Waals surface area contributed by atoms with E-state index in [2.05, 4.69) is 5.32 Å². The van der Waals surface area contributed by atoms with Gasteiger partial charge in [-0.05, 0) is 30.2 Å². The predicted octanol–water partition coefficient (Wildman–Crippen LogP) is 4.32. The largest absolute Gasteiger partial charge is 0.344 e. The molecule has 3 aromatic carbocycles. The number of halogens is 1. The Bertz CT molecular complexity index is 1120. The Labute approximate surface area is 182 Å². The summed E-state index contributed by atoms with van der Waals surface area (Å²) in [5.74, 6) is -0.435. The van der Waals surface area contributed by atoms with Crippen molar-refractivity contribution in [1.29, 1.82) is 0 Å². The van der Waals surface area contributed by atoms with E-state index in [0.29, 0.717) is 0 Å². The van der Waals surface area contributed by atoms with Crippen molar-refractivity contribution in [2.45, 2.75) is 13.0 Å². The van der Waals surface area contributed by atoms with Gasteiger partial charge < -0.3 is 5.32 Å². The summed E-state index contributed by atoms with van der Waals surface area (Å²) in [4.78, 5) is 12.9. The number of rotatable bonds is 7. The van der Waals surface area contributed by atoms with Crippen LogP contribution in [0.3, 0.4) is 0 Å². The van der Waals surface area contributed by atoms with E-state index in [4.69, 9.17) is 11.6 Å². The van der Waals surface area contributed by atoms with Gasteiger partial charge in [0.2, 0.25) is 15.9 Å². The number of nitrogens with one attached hydrogen (secondary N) is 1. The summed E-state index contributed by atoms with van der Waals surface area (Å²) in [5, 5.41) is 3.23. The SMILES string of the molecule is Cc1ccc([C@@H](NC(=O)CN(c2ccccc2Cl)S(C)(=O)=O)c2ccccc2)cc1. The van der Waals surface area contributed by atoms with E-state index in [1.165, 1.54) is 0 Å². The van der Waals surface area contributed by atoms with Crippen LogP contribution in [-0.4, -0.2) is 27.1 Å². The summed E-state index contributed by atoms with van der Waals surface area (Å²) in [6.45, 7) is 1.62. The molecule has 30 heavy (non-hydrogen) atoms. The Morgan fingerprint density at radius 3 is 2.10 bits per heavy atom. The molecule has 0 aromatic heterocycles. The zero-order valence-electron chi connectivity index (χ0n) is 16.7. The van der Waals surface area contributed by atoms with Gasteiger partial charge in [0.1, 0.15) is 6.54 Å². The molecule has 0 fully saturated rings. The van der Waals surface area contributed by atoms with Gasteiger partial charge in [-0.1, -0.05) is 83.9 Å². The first-order valence-electron chi connectivity index (χ1n) is 9.39. The summed E-state index contributed by atoms with van der Waals surface area (Å²) in [5.41, 5.74) is 3.18. The van der Waals surface area contributed by atoms with Gasteiger partial charge in [-0.15, -0.1) is 0 Å². The molecule has 0 aliphatic rings. The van der Waals surface area contributed by atoms with Crippen molar-refractivity contribution in [1.82, 2.24) is 5.32 Å². The molecule has 0 saturated carbocycles. The van der Waals surface area contributed by atoms with Gasteiger partial charge in [0.05, 0.1) is 23.0 Å². The Morgan fingerprint density at radius 2 is 1.50 bits per heavy atom. The highest BCUT2D eigenvalue weighted by Gasteiger charge is 2.25. The van der Waals surface area contributed by atoms with Crippen molar-refractivity contribution in [3.63, 3.8) is 0 Å². The number of hydrogen-bond donors (Lipinski definition) is 1. The van der Waals surface area contributed by atoms with Crippen LogP contribution in [0.5, 0.6) is 0 Å². The molecule has 0 spiro atoms. The first-order chi connectivity index (χ1) is 14.3. The monoisotopic (exact) mass is 442 g/mol. The standard InChI is InChI=1S/C23H23ClN2O3S/c1-17-12-14-19(15-13-17)23(18-8-4-3-5-9-18)25-22(27)16-26(30(2,28)29)21-11-7-6-10-20(21)24/h3-15,23H,16H2,1-2H3,(H,25,27)/t23-/m0/s1. The summed E-state index contributed by atoms with van der Waals surface area (Å²) in [6, 6.07) is 23.5. The summed E-state index contributed by atoms with van der Waals surface area (Å²) < 4.78 is 25.8. The maximum Gasteiger partial charge on any atom is 0.241 e. The molecule has 5 nitrogen and oxygen atoms in total. The molecular formula is C23H23ClN2O3S. The van der Waals surface area contributed by atoms with Crippen LogP contribution in [0.4, 0.5) is 5.69 Å². The van der Waals surface area contributed by atoms with Crippen LogP contribution in [0.15, 0.2) is 78.9 Å². The summed E-state index contributed by atoms with van der Waals surface area (Å²) >= 11 is 6.18. The van der Waals surface area contributed by atoms with Gasteiger partial charge in [0.25, 0.3) is 0 Å². The van der Waals surface area contributed by atoms with Gasteiger partial charge in [-0.2, -0.15) is 0 Å². The van der Waals surface area contributed by atoms with Crippen molar-refractivity contribution in [2.24, 2.45) is 0 Å². The number of carbonyl (C=O) groups excluding carboxylic acids is 1. The number of carbonyl (C=O) groups is 1. The highest BCUT2D eigenvalue weighted by Crippen LogP contribution is 2.27. The zero-order valence-corrected chi connectivity index (χ0v) is 18.3. The highest BCUT2D eigenvalue weighted by atomic mass is 35.5. The van der Waals surface area contributed by atoms with Crippen LogP contribution in [0, 0.1) is 6.92 Å². The van der Waals surface area contributed by atoms with Gasteiger partial charge in [-0.3, -0.25) is 9.10 Å². The van der Waals surface area contributed by atoms with E-state index in [-0.39, 0.29) is 17.3 Å². The third-order valence-electron chi connectivity index (χ3n) is 4.66. The minimum absolute atomic E-state index is 0.258. The molecule has 3 aromatic rings. The topological polar surface area (TPSA) is 66.5 Å². The molecule has 1 N–H and O–H groups in total. The lowest BCUT2D eigenvalue weighted by Gasteiger charge is -2.25. The molecule has 0 bridgehead atoms. The Kier molecular flexibility index (Phi) is 6.80. The Balaban J connectivity index is 1.89. The second kappa shape index (κ2) is 9.32. The average Bonchev–Trinajstić information content (AvgIpc) is 2.71. The lowest BCUT2D eigenvalue weighted by atomic mass is 9.98. The van der Waals surface area contributed by atoms with E-state index in [0.717, 1.165) is 27.3 Å². The van der Waals surface area contributed by atoms with Crippen LogP contribution in [0.2, 0.25) is 5.02 Å². The van der Waals surface area contributed by atoms with Crippen LogP contribution in [0.25, 0.3) is 0 Å². The molecule has 0 heterocycles. The van der Waals surface area contributed by atoms with E-state index in [1.807, 2.05) is 61.5 Å². The molecule has 0 aliphatic heterocycles. The molecule has 7 heteroatoms. The second-order valence-electron chi connectivity index (χ2n) is 7.04. The molecule has 0 saturated heterocycles. The molecular weight excluding hydrogens is 420 g/mol. The lowest BCUT2D eigenvalue weighted by molar-refractivity contribution is -0.120. The number of amides is 1. The minimum Gasteiger partial charge on any atom is -0.344 e. The number of anilines is 1. The quantitative estimate of drug-likeness (QED) is 0.592. The first-order valence-corrected chi connectivity index (χ1v) is 11.6. The van der Waals surface area contributed by atoms with Crippen LogP contribution in [0.1, 0.15) is 22.7 Å². The summed E-state index contributed by atoms with van der Waals surface area (Å²) in [6.07, 6.45) is 1.05. The van der Waals surface area contributed by atoms with Gasteiger partial charge in [-0.25, -0.2) is 8.42 Å². The van der Waals surface area contributed by atoms with Crippen molar-refractivity contribution < 1.29 is 13.2 Å². The normalized spacial score (nSPS) is 12.2. The van der Waals surface area contributed by atoms with E-state index in [9.17, 15) is 13.2 Å². The van der Waals surface area contributed by atoms with Crippen LogP contribution >= 0.6 is 11.6 Å². The van der Waals surface area contributed by atoms with E-state index >= 15 is 0 Å². The minimum atomic E-state index is -3.72. The third-order valence-corrected chi connectivity index (χ3v) is 6.10. The Hall–Kier alpha value is -2.83. The average molecular weight is 443 g/mol. The van der Waals surface area contributed by atoms with Crippen molar-refractivity contribution in [3.05, 3.63) is 101 Å². The first kappa shape index (κ1) is 21.9. The molecule has 0 aliphatic carbocycles. The van der Waals surface area contributed by atoms with E-state index in [1.54, 1.807) is 24.3 Å². The summed E-state index contributed by atoms with van der Waals surface area (Å²) in [7, 11) is -3.72. The maximum atomic E-state index is 12.9. The Morgan fingerprint density at radius 1 is 0.933 bits per heavy atom. The predicted molar refractivity (Wildman–Crippen MR) is 121 cm³/mol. The van der Waals surface area contributed by atoms with Crippen molar-refractivity contribution in [2.75, 3.05) is 17.1 Å². The number of sulfonamides is 1. The fourth-order valence-corrected chi connectivity index (χ4v) is 4.29. The highest BCUT2D eigenvalue weighted by molar-refractivity contribution is 7.92. The smallest absolute Gasteiger partial charge is 0.241 e. The fourth-order valence-electron chi connectivity index (χ4n) is 3.14. The number of hydrogen-bond acceptors (Lipinski definition) is 3. The van der Waals surface area contributed by atoms with Gasteiger partial charge in [0, 0.05) is 0 Å². The molecule has 3 rings (SSSR count). The number of aryl methyl sites for hydroxylation is 1. The third kappa shape index (κ3) is 5.40. The maximum absolute atomic E-state index is 12.9. The van der Waals surface area contributed by atoms with Gasteiger partial charge >= 0.3 is 0 Å². The molecule has 1 amide bonds. The second-order valence-corrected chi connectivity index (χ2v) is 9.36. The number of nitrogens with zero attached hydrogens (tertiary/aromatic N) is 1. The molecule has 1 atom stereocenters. The van der Waals surface area contributed by atoms with Gasteiger partial charge in [0.15, 0.2) is 0 Å². The molecule has 156 valence electrons. The molecule has 0 unspecified atom stereocenters. The van der Waals surface area contributed by atoms with Crippen molar-refractivity contribution in [3.8, 4) is 0 Å².